The van der Waals surface area contributed by atoms with Gasteiger partial charge in [-0.15, -0.1) is 0 Å². The maximum atomic E-state index is 11.4. The number of halogens is 1. The summed E-state index contributed by atoms with van der Waals surface area (Å²) in [5.41, 5.74) is 7.55. The van der Waals surface area contributed by atoms with E-state index in [1.165, 1.54) is 0 Å². The summed E-state index contributed by atoms with van der Waals surface area (Å²) < 4.78 is 13.3. The maximum absolute atomic E-state index is 11.4. The molecule has 1 aromatic carbocycles. The Morgan fingerprint density at radius 1 is 1.53 bits per heavy atom. The van der Waals surface area contributed by atoms with E-state index in [4.69, 9.17) is 17.3 Å². The Kier molecular flexibility index (Phi) is 3.69. The molecule has 2 N–H and O–H groups in total. The number of nitrogens with two attached hydrogens (primary N) is 1. The zero-order chi connectivity index (χ0) is 12.4. The third kappa shape index (κ3) is 2.61. The number of fused-ring (bicyclic) bond motifs is 1. The minimum Gasteiger partial charge on any atom is -0.369 e. The average molecular weight is 272 g/mol. The Labute approximate surface area is 107 Å². The van der Waals surface area contributed by atoms with E-state index < -0.39 is 10.8 Å². The smallest absolute Gasteiger partial charge is 0.201 e. The monoisotopic (exact) mass is 271 g/mol. The summed E-state index contributed by atoms with van der Waals surface area (Å²) in [6, 6.07) is 5.47. The second-order valence-electron chi connectivity index (χ2n) is 3.69. The van der Waals surface area contributed by atoms with Crippen molar-refractivity contribution in [2.45, 2.75) is 13.5 Å². The first-order valence-corrected chi connectivity index (χ1v) is 7.24. The molecule has 0 spiro atoms. The number of rotatable bonds is 4. The van der Waals surface area contributed by atoms with Crippen molar-refractivity contribution in [3.05, 3.63) is 23.2 Å². The van der Waals surface area contributed by atoms with Crippen LogP contribution in [0.15, 0.2) is 18.2 Å². The molecule has 17 heavy (non-hydrogen) atoms. The Morgan fingerprint density at radius 2 is 2.29 bits per heavy atom. The SMILES string of the molecule is CCS(=O)CCn1c(N)nc2cc(Cl)ccc21. The van der Waals surface area contributed by atoms with Gasteiger partial charge in [-0.2, -0.15) is 0 Å². The van der Waals surface area contributed by atoms with Gasteiger partial charge in [-0.3, -0.25) is 4.21 Å². The topological polar surface area (TPSA) is 60.9 Å². The van der Waals surface area contributed by atoms with Crippen molar-refractivity contribution in [2.24, 2.45) is 0 Å². The van der Waals surface area contributed by atoms with Gasteiger partial charge in [0.05, 0.1) is 11.0 Å². The third-order valence-electron chi connectivity index (χ3n) is 2.60. The quantitative estimate of drug-likeness (QED) is 0.926. The highest BCUT2D eigenvalue weighted by Crippen LogP contribution is 2.21. The molecule has 0 fully saturated rings. The number of aromatic nitrogens is 2. The van der Waals surface area contributed by atoms with Gasteiger partial charge in [-0.1, -0.05) is 18.5 Å². The van der Waals surface area contributed by atoms with Crippen LogP contribution in [0.1, 0.15) is 6.92 Å². The Hall–Kier alpha value is -1.07. The fourth-order valence-electron chi connectivity index (χ4n) is 1.69. The molecule has 1 atom stereocenters. The molecule has 2 aromatic rings. The summed E-state index contributed by atoms with van der Waals surface area (Å²) in [5.74, 6) is 1.70. The number of imidazole rings is 1. The van der Waals surface area contributed by atoms with Crippen molar-refractivity contribution < 1.29 is 4.21 Å². The first-order valence-electron chi connectivity index (χ1n) is 5.38. The van der Waals surface area contributed by atoms with Crippen LogP contribution >= 0.6 is 11.6 Å². The van der Waals surface area contributed by atoms with Gasteiger partial charge < -0.3 is 10.3 Å². The predicted octanol–water partition coefficient (Wildman–Crippen LogP) is 2.04. The van der Waals surface area contributed by atoms with Crippen LogP contribution in [0.3, 0.4) is 0 Å². The van der Waals surface area contributed by atoms with E-state index in [0.29, 0.717) is 29.0 Å². The van der Waals surface area contributed by atoms with Crippen LogP contribution in [0.4, 0.5) is 5.95 Å². The van der Waals surface area contributed by atoms with Gasteiger partial charge in [0.1, 0.15) is 0 Å². The number of aryl methyl sites for hydroxylation is 1. The lowest BCUT2D eigenvalue weighted by molar-refractivity contribution is 0.677. The third-order valence-corrected chi connectivity index (χ3v) is 4.12. The van der Waals surface area contributed by atoms with E-state index in [9.17, 15) is 4.21 Å². The first kappa shape index (κ1) is 12.4. The summed E-state index contributed by atoms with van der Waals surface area (Å²) in [4.78, 5) is 4.24. The minimum atomic E-state index is -0.797. The summed E-state index contributed by atoms with van der Waals surface area (Å²) in [7, 11) is -0.797. The van der Waals surface area contributed by atoms with Crippen LogP contribution in [0.2, 0.25) is 5.02 Å². The Morgan fingerprint density at radius 3 is 3.00 bits per heavy atom. The number of nitrogen functional groups attached to an aromatic ring is 1. The standard InChI is InChI=1S/C11H14ClN3OS/c1-2-17(16)6-5-15-10-4-3-8(12)7-9(10)14-11(15)13/h3-4,7H,2,5-6H2,1H3,(H2,13,14). The number of hydrogen-bond acceptors (Lipinski definition) is 3. The first-order chi connectivity index (χ1) is 8.11. The van der Waals surface area contributed by atoms with E-state index >= 15 is 0 Å². The summed E-state index contributed by atoms with van der Waals surface area (Å²) >= 11 is 5.89. The van der Waals surface area contributed by atoms with Crippen LogP contribution in [-0.2, 0) is 17.3 Å². The maximum Gasteiger partial charge on any atom is 0.201 e. The van der Waals surface area contributed by atoms with Crippen molar-refractivity contribution in [3.8, 4) is 0 Å². The molecule has 2 rings (SSSR count). The highest BCUT2D eigenvalue weighted by Gasteiger charge is 2.09. The number of nitrogens with zero attached hydrogens (tertiary/aromatic N) is 2. The lowest BCUT2D eigenvalue weighted by Crippen LogP contribution is -2.11. The van der Waals surface area contributed by atoms with Gasteiger partial charge in [-0.25, -0.2) is 4.98 Å². The van der Waals surface area contributed by atoms with Gasteiger partial charge in [0.15, 0.2) is 0 Å². The lowest BCUT2D eigenvalue weighted by atomic mass is 10.3. The lowest BCUT2D eigenvalue weighted by Gasteiger charge is -2.05. The molecular formula is C11H14ClN3OS. The largest absolute Gasteiger partial charge is 0.369 e. The van der Waals surface area contributed by atoms with Crippen LogP contribution in [-0.4, -0.2) is 25.3 Å². The zero-order valence-corrected chi connectivity index (χ0v) is 11.1. The Balaban J connectivity index is 2.33. The zero-order valence-electron chi connectivity index (χ0n) is 9.52. The second-order valence-corrected chi connectivity index (χ2v) is 5.99. The fourth-order valence-corrected chi connectivity index (χ4v) is 2.54. The van der Waals surface area contributed by atoms with Gasteiger partial charge >= 0.3 is 0 Å². The molecule has 92 valence electrons. The molecule has 1 heterocycles. The molecular weight excluding hydrogens is 258 g/mol. The molecule has 0 aliphatic carbocycles. The van der Waals surface area contributed by atoms with E-state index in [-0.39, 0.29) is 0 Å². The summed E-state index contributed by atoms with van der Waals surface area (Å²) in [6.45, 7) is 2.52. The molecule has 0 radical (unpaired) electrons. The summed E-state index contributed by atoms with van der Waals surface area (Å²) in [6.07, 6.45) is 0. The van der Waals surface area contributed by atoms with E-state index in [1.54, 1.807) is 12.1 Å². The molecule has 0 aliphatic rings. The second kappa shape index (κ2) is 5.06. The van der Waals surface area contributed by atoms with Crippen molar-refractivity contribution >= 4 is 39.4 Å². The van der Waals surface area contributed by atoms with Crippen molar-refractivity contribution in [1.82, 2.24) is 9.55 Å². The molecule has 0 bridgehead atoms. The molecule has 1 unspecified atom stereocenters. The normalized spacial score (nSPS) is 13.1. The molecule has 1 aromatic heterocycles. The van der Waals surface area contributed by atoms with E-state index in [2.05, 4.69) is 4.98 Å². The van der Waals surface area contributed by atoms with Crippen LogP contribution in [0.5, 0.6) is 0 Å². The average Bonchev–Trinajstić information content (AvgIpc) is 2.61. The van der Waals surface area contributed by atoms with E-state index in [1.807, 2.05) is 17.6 Å². The van der Waals surface area contributed by atoms with Gasteiger partial charge in [0.25, 0.3) is 0 Å². The van der Waals surface area contributed by atoms with E-state index in [0.717, 1.165) is 11.0 Å². The minimum absolute atomic E-state index is 0.440. The van der Waals surface area contributed by atoms with Crippen molar-refractivity contribution in [1.29, 1.82) is 0 Å². The fraction of sp³-hybridized carbons (Fsp3) is 0.364. The number of anilines is 1. The van der Waals surface area contributed by atoms with Crippen LogP contribution < -0.4 is 5.73 Å². The number of hydrogen-bond donors (Lipinski definition) is 1. The highest BCUT2D eigenvalue weighted by atomic mass is 35.5. The molecule has 0 aliphatic heterocycles. The highest BCUT2D eigenvalue weighted by molar-refractivity contribution is 7.84. The van der Waals surface area contributed by atoms with Gasteiger partial charge in [0.2, 0.25) is 5.95 Å². The van der Waals surface area contributed by atoms with Gasteiger partial charge in [0, 0.05) is 33.9 Å². The molecule has 4 nitrogen and oxygen atoms in total. The Bertz CT molecular complexity index is 567. The van der Waals surface area contributed by atoms with Gasteiger partial charge in [-0.05, 0) is 18.2 Å². The molecule has 6 heteroatoms. The van der Waals surface area contributed by atoms with Crippen LogP contribution in [0, 0.1) is 0 Å². The predicted molar refractivity (Wildman–Crippen MR) is 72.7 cm³/mol. The molecule has 0 saturated heterocycles. The molecule has 0 amide bonds. The number of benzene rings is 1. The van der Waals surface area contributed by atoms with Crippen molar-refractivity contribution in [2.75, 3.05) is 17.2 Å². The van der Waals surface area contributed by atoms with Crippen LogP contribution in [0.25, 0.3) is 11.0 Å². The molecule has 0 saturated carbocycles. The summed E-state index contributed by atoms with van der Waals surface area (Å²) in [5, 5.41) is 0.638. The van der Waals surface area contributed by atoms with Crippen molar-refractivity contribution in [3.63, 3.8) is 0 Å².